The van der Waals surface area contributed by atoms with Crippen LogP contribution in [0.15, 0.2) is 48.5 Å². The fourth-order valence-corrected chi connectivity index (χ4v) is 3.79. The number of nitrogens with zero attached hydrogens (tertiary/aromatic N) is 2. The highest BCUT2D eigenvalue weighted by Crippen LogP contribution is 2.39. The van der Waals surface area contributed by atoms with Crippen molar-refractivity contribution in [3.63, 3.8) is 0 Å². The molecule has 1 heterocycles. The SMILES string of the molecule is O=C(CN1C(=O)CS[C@H]1c1cccc([N+](=O)[O-])c1)Nc1cccc(F)c1. The molecule has 0 saturated carbocycles. The number of non-ortho nitro benzene ring substituents is 1. The summed E-state index contributed by atoms with van der Waals surface area (Å²) in [4.78, 5) is 36.2. The molecule has 1 saturated heterocycles. The highest BCUT2D eigenvalue weighted by molar-refractivity contribution is 8.00. The lowest BCUT2D eigenvalue weighted by Gasteiger charge is -2.23. The number of carbonyl (C=O) groups is 2. The van der Waals surface area contributed by atoms with Crippen LogP contribution in [0.25, 0.3) is 0 Å². The van der Waals surface area contributed by atoms with E-state index < -0.39 is 22.0 Å². The lowest BCUT2D eigenvalue weighted by Crippen LogP contribution is -2.36. The van der Waals surface area contributed by atoms with Crippen LogP contribution in [0, 0.1) is 15.9 Å². The number of hydrogen-bond donors (Lipinski definition) is 1. The standard InChI is InChI=1S/C17H14FN3O4S/c18-12-4-2-5-13(8-12)19-15(22)9-20-16(23)10-26-17(20)11-3-1-6-14(7-11)21(24)25/h1-8,17H,9-10H2,(H,19,22)/t17-/m0/s1. The maximum atomic E-state index is 13.2. The number of rotatable bonds is 5. The highest BCUT2D eigenvalue weighted by Gasteiger charge is 2.34. The molecule has 1 fully saturated rings. The number of nitro benzene ring substituents is 1. The van der Waals surface area contributed by atoms with Gasteiger partial charge in [-0.2, -0.15) is 0 Å². The molecule has 134 valence electrons. The summed E-state index contributed by atoms with van der Waals surface area (Å²) >= 11 is 1.30. The van der Waals surface area contributed by atoms with Crippen LogP contribution in [-0.4, -0.2) is 33.9 Å². The lowest BCUT2D eigenvalue weighted by atomic mass is 10.2. The molecule has 0 aromatic heterocycles. The fourth-order valence-electron chi connectivity index (χ4n) is 2.61. The molecule has 3 rings (SSSR count). The van der Waals surface area contributed by atoms with E-state index in [1.165, 1.54) is 47.0 Å². The molecule has 0 aliphatic carbocycles. The maximum absolute atomic E-state index is 13.2. The summed E-state index contributed by atoms with van der Waals surface area (Å²) in [5, 5.41) is 13.0. The summed E-state index contributed by atoms with van der Waals surface area (Å²) in [6.07, 6.45) is 0. The van der Waals surface area contributed by atoms with Gasteiger partial charge >= 0.3 is 0 Å². The lowest BCUT2D eigenvalue weighted by molar-refractivity contribution is -0.384. The third-order valence-electron chi connectivity index (χ3n) is 3.76. The van der Waals surface area contributed by atoms with E-state index in [2.05, 4.69) is 5.32 Å². The average molecular weight is 375 g/mol. The zero-order valence-corrected chi connectivity index (χ0v) is 14.2. The predicted molar refractivity (Wildman–Crippen MR) is 95.0 cm³/mol. The molecule has 2 aromatic rings. The van der Waals surface area contributed by atoms with Crippen molar-refractivity contribution in [1.82, 2.24) is 4.90 Å². The quantitative estimate of drug-likeness (QED) is 0.641. The largest absolute Gasteiger partial charge is 0.324 e. The fraction of sp³-hybridized carbons (Fsp3) is 0.176. The number of carbonyl (C=O) groups excluding carboxylic acids is 2. The van der Waals surface area contributed by atoms with Crippen molar-refractivity contribution in [3.05, 3.63) is 70.0 Å². The number of amides is 2. The number of benzene rings is 2. The summed E-state index contributed by atoms with van der Waals surface area (Å²) in [5.41, 5.74) is 0.793. The van der Waals surface area contributed by atoms with E-state index in [-0.39, 0.29) is 23.9 Å². The molecule has 2 aromatic carbocycles. The Morgan fingerprint density at radius 1 is 1.31 bits per heavy atom. The zero-order chi connectivity index (χ0) is 18.7. The summed E-state index contributed by atoms with van der Waals surface area (Å²) in [7, 11) is 0. The van der Waals surface area contributed by atoms with Gasteiger partial charge in [-0.3, -0.25) is 19.7 Å². The molecule has 26 heavy (non-hydrogen) atoms. The first-order valence-electron chi connectivity index (χ1n) is 7.65. The maximum Gasteiger partial charge on any atom is 0.269 e. The molecule has 1 aliphatic rings. The van der Waals surface area contributed by atoms with E-state index in [1.807, 2.05) is 0 Å². The van der Waals surface area contributed by atoms with Crippen LogP contribution in [0.5, 0.6) is 0 Å². The second kappa shape index (κ2) is 7.52. The number of hydrogen-bond acceptors (Lipinski definition) is 5. The van der Waals surface area contributed by atoms with E-state index >= 15 is 0 Å². The van der Waals surface area contributed by atoms with Crippen LogP contribution < -0.4 is 5.32 Å². The smallest absolute Gasteiger partial charge is 0.269 e. The summed E-state index contributed by atoms with van der Waals surface area (Å²) < 4.78 is 13.2. The van der Waals surface area contributed by atoms with Gasteiger partial charge in [0.1, 0.15) is 17.7 Å². The van der Waals surface area contributed by atoms with Crippen molar-refractivity contribution in [3.8, 4) is 0 Å². The van der Waals surface area contributed by atoms with Gasteiger partial charge in [-0.25, -0.2) is 4.39 Å². The highest BCUT2D eigenvalue weighted by atomic mass is 32.2. The second-order valence-electron chi connectivity index (χ2n) is 5.60. The minimum atomic E-state index is -0.508. The van der Waals surface area contributed by atoms with Crippen molar-refractivity contribution in [2.45, 2.75) is 5.37 Å². The first-order chi connectivity index (χ1) is 12.4. The van der Waals surface area contributed by atoms with Crippen molar-refractivity contribution in [2.24, 2.45) is 0 Å². The number of halogens is 1. The summed E-state index contributed by atoms with van der Waals surface area (Å²) in [5.74, 6) is -1.01. The van der Waals surface area contributed by atoms with Crippen molar-refractivity contribution in [1.29, 1.82) is 0 Å². The first-order valence-corrected chi connectivity index (χ1v) is 8.70. The summed E-state index contributed by atoms with van der Waals surface area (Å²) in [6.45, 7) is -0.226. The third kappa shape index (κ3) is 3.99. The molecular formula is C17H14FN3O4S. The average Bonchev–Trinajstić information content (AvgIpc) is 2.95. The van der Waals surface area contributed by atoms with Crippen LogP contribution in [0.2, 0.25) is 0 Å². The Kier molecular flexibility index (Phi) is 5.17. The molecule has 1 N–H and O–H groups in total. The first kappa shape index (κ1) is 17.9. The molecule has 0 unspecified atom stereocenters. The van der Waals surface area contributed by atoms with Gasteiger partial charge in [0.2, 0.25) is 11.8 Å². The number of anilines is 1. The second-order valence-corrected chi connectivity index (χ2v) is 6.66. The van der Waals surface area contributed by atoms with Crippen LogP contribution in [0.4, 0.5) is 15.8 Å². The zero-order valence-electron chi connectivity index (χ0n) is 13.4. The Hall–Kier alpha value is -2.94. The molecular weight excluding hydrogens is 361 g/mol. The Morgan fingerprint density at radius 3 is 2.81 bits per heavy atom. The Bertz CT molecular complexity index is 877. The van der Waals surface area contributed by atoms with Gasteiger partial charge in [-0.05, 0) is 23.8 Å². The van der Waals surface area contributed by atoms with Gasteiger partial charge in [0, 0.05) is 17.8 Å². The minimum absolute atomic E-state index is 0.0772. The van der Waals surface area contributed by atoms with Gasteiger partial charge in [0.05, 0.1) is 10.7 Å². The monoisotopic (exact) mass is 375 g/mol. The topological polar surface area (TPSA) is 92.5 Å². The van der Waals surface area contributed by atoms with Crippen LogP contribution >= 0.6 is 11.8 Å². The molecule has 1 atom stereocenters. The van der Waals surface area contributed by atoms with Gasteiger partial charge in [-0.15, -0.1) is 11.8 Å². The molecule has 1 aliphatic heterocycles. The Morgan fingerprint density at radius 2 is 2.08 bits per heavy atom. The molecule has 0 bridgehead atoms. The van der Waals surface area contributed by atoms with E-state index in [1.54, 1.807) is 18.2 Å². The van der Waals surface area contributed by atoms with Crippen LogP contribution in [0.3, 0.4) is 0 Å². The van der Waals surface area contributed by atoms with Crippen molar-refractivity contribution < 1.29 is 18.9 Å². The molecule has 2 amide bonds. The van der Waals surface area contributed by atoms with Crippen LogP contribution in [0.1, 0.15) is 10.9 Å². The molecule has 0 radical (unpaired) electrons. The van der Waals surface area contributed by atoms with Crippen molar-refractivity contribution in [2.75, 3.05) is 17.6 Å². The molecule has 0 spiro atoms. The summed E-state index contributed by atoms with van der Waals surface area (Å²) in [6, 6.07) is 11.4. The van der Waals surface area contributed by atoms with Gasteiger partial charge in [-0.1, -0.05) is 18.2 Å². The normalized spacial score (nSPS) is 16.6. The van der Waals surface area contributed by atoms with E-state index in [0.717, 1.165) is 0 Å². The van der Waals surface area contributed by atoms with Gasteiger partial charge in [0.25, 0.3) is 5.69 Å². The van der Waals surface area contributed by atoms with E-state index in [9.17, 15) is 24.1 Å². The molecule has 9 heteroatoms. The van der Waals surface area contributed by atoms with Gasteiger partial charge < -0.3 is 10.2 Å². The minimum Gasteiger partial charge on any atom is -0.324 e. The number of nitro groups is 1. The van der Waals surface area contributed by atoms with Crippen LogP contribution in [-0.2, 0) is 9.59 Å². The molecule has 7 nitrogen and oxygen atoms in total. The third-order valence-corrected chi connectivity index (χ3v) is 5.01. The van der Waals surface area contributed by atoms with E-state index in [4.69, 9.17) is 0 Å². The Balaban J connectivity index is 1.74. The van der Waals surface area contributed by atoms with Crippen molar-refractivity contribution >= 4 is 35.0 Å². The number of thioether (sulfide) groups is 1. The van der Waals surface area contributed by atoms with E-state index in [0.29, 0.717) is 11.3 Å². The predicted octanol–water partition coefficient (Wildman–Crippen LogP) is 2.95. The Labute approximate surface area is 152 Å². The van der Waals surface area contributed by atoms with Gasteiger partial charge in [0.15, 0.2) is 0 Å². The number of nitrogens with one attached hydrogen (secondary N) is 1.